The molecule has 0 spiro atoms. The zero-order valence-corrected chi connectivity index (χ0v) is 13.8. The predicted octanol–water partition coefficient (Wildman–Crippen LogP) is 3.52. The van der Waals surface area contributed by atoms with Crippen LogP contribution in [0.4, 0.5) is 0 Å². The van der Waals surface area contributed by atoms with Gasteiger partial charge in [-0.05, 0) is 0 Å². The van der Waals surface area contributed by atoms with Gasteiger partial charge in [-0.25, -0.2) is 0 Å². The summed E-state index contributed by atoms with van der Waals surface area (Å²) in [5.74, 6) is 1.99. The van der Waals surface area contributed by atoms with Crippen LogP contribution in [0.5, 0.6) is 11.5 Å². The fraction of sp³-hybridized carbons (Fsp3) is 0.300. The first kappa shape index (κ1) is 15.2. The molecule has 2 heterocycles. The topological polar surface area (TPSA) is 24.9 Å². The van der Waals surface area contributed by atoms with Gasteiger partial charge in [0.25, 0.3) is 0 Å². The van der Waals surface area contributed by atoms with Crippen molar-refractivity contribution in [3.05, 3.63) is 60.7 Å². The van der Waals surface area contributed by atoms with Gasteiger partial charge in [0, 0.05) is 48.1 Å². The van der Waals surface area contributed by atoms with Gasteiger partial charge in [0.05, 0.1) is 0 Å². The Morgan fingerprint density at radius 2 is 1.25 bits per heavy atom. The Hall–Kier alpha value is -2.30. The van der Waals surface area contributed by atoms with Gasteiger partial charge >= 0.3 is 0 Å². The molecule has 0 amide bonds. The minimum atomic E-state index is 0.600. The summed E-state index contributed by atoms with van der Waals surface area (Å²) in [7, 11) is 0. The van der Waals surface area contributed by atoms with E-state index in [0.29, 0.717) is 13.5 Å². The summed E-state index contributed by atoms with van der Waals surface area (Å²) in [5.41, 5.74) is 2.44. The fourth-order valence-electron chi connectivity index (χ4n) is 3.52. The number of nitrogens with zero attached hydrogens (tertiary/aromatic N) is 2. The summed E-state index contributed by atoms with van der Waals surface area (Å²) in [6, 6.07) is 8.65. The molecule has 4 rings (SSSR count). The summed E-state index contributed by atoms with van der Waals surface area (Å²) < 4.78 is 12.1. The van der Waals surface area contributed by atoms with E-state index in [1.807, 2.05) is 12.2 Å². The third-order valence-corrected chi connectivity index (χ3v) is 4.61. The van der Waals surface area contributed by atoms with Crippen molar-refractivity contribution >= 4 is 10.8 Å². The van der Waals surface area contributed by atoms with Crippen LogP contribution in [0.3, 0.4) is 0 Å². The van der Waals surface area contributed by atoms with Crippen LogP contribution in [-0.2, 0) is 13.1 Å². The second-order valence-corrected chi connectivity index (χ2v) is 6.35. The third-order valence-electron chi connectivity index (χ3n) is 4.61. The normalized spacial score (nSPS) is 17.5. The summed E-state index contributed by atoms with van der Waals surface area (Å²) in [4.78, 5) is 4.45. The lowest BCUT2D eigenvalue weighted by atomic mass is 9.99. The highest BCUT2D eigenvalue weighted by molar-refractivity contribution is 5.95. The molecular formula is C20H22N2O2. The molecule has 2 aliphatic heterocycles. The van der Waals surface area contributed by atoms with Crippen LogP contribution in [0.25, 0.3) is 10.8 Å². The number of benzene rings is 2. The lowest BCUT2D eigenvalue weighted by Gasteiger charge is -2.31. The van der Waals surface area contributed by atoms with Gasteiger partial charge in [-0.2, -0.15) is 0 Å². The van der Waals surface area contributed by atoms with Gasteiger partial charge in [0.1, 0.15) is 25.0 Å². The maximum absolute atomic E-state index is 6.05. The van der Waals surface area contributed by atoms with E-state index in [0.717, 1.165) is 48.5 Å². The Bertz CT molecular complexity index is 733. The highest BCUT2D eigenvalue weighted by Gasteiger charge is 2.23. The lowest BCUT2D eigenvalue weighted by Crippen LogP contribution is -2.32. The van der Waals surface area contributed by atoms with Crippen molar-refractivity contribution in [2.75, 3.05) is 26.6 Å². The molecule has 2 aliphatic rings. The quantitative estimate of drug-likeness (QED) is 0.804. The van der Waals surface area contributed by atoms with E-state index < -0.39 is 0 Å². The van der Waals surface area contributed by atoms with E-state index >= 15 is 0 Å². The molecule has 0 N–H and O–H groups in total. The molecule has 0 aliphatic carbocycles. The Labute approximate surface area is 142 Å². The molecule has 2 aromatic rings. The van der Waals surface area contributed by atoms with Crippen molar-refractivity contribution < 1.29 is 9.47 Å². The van der Waals surface area contributed by atoms with E-state index in [-0.39, 0.29) is 0 Å². The van der Waals surface area contributed by atoms with Gasteiger partial charge in [0.2, 0.25) is 0 Å². The average molecular weight is 322 g/mol. The zero-order valence-electron chi connectivity index (χ0n) is 13.8. The van der Waals surface area contributed by atoms with Crippen molar-refractivity contribution in [1.82, 2.24) is 9.80 Å². The molecule has 0 saturated carbocycles. The molecule has 4 heteroatoms. The number of hydrogen-bond donors (Lipinski definition) is 0. The summed E-state index contributed by atoms with van der Waals surface area (Å²) in [6.07, 6.45) is 3.82. The molecule has 0 atom stereocenters. The maximum atomic E-state index is 6.05. The van der Waals surface area contributed by atoms with Crippen LogP contribution in [-0.4, -0.2) is 36.4 Å². The Morgan fingerprint density at radius 3 is 1.67 bits per heavy atom. The van der Waals surface area contributed by atoms with E-state index in [9.17, 15) is 0 Å². The SMILES string of the molecule is C=CCN1COc2c(ccc3c4c(ccc23)CN(CC=C)CO4)C1. The van der Waals surface area contributed by atoms with Gasteiger partial charge in [-0.1, -0.05) is 36.4 Å². The molecule has 4 nitrogen and oxygen atoms in total. The van der Waals surface area contributed by atoms with E-state index in [1.165, 1.54) is 11.1 Å². The van der Waals surface area contributed by atoms with Crippen LogP contribution in [0.1, 0.15) is 11.1 Å². The highest BCUT2D eigenvalue weighted by atomic mass is 16.5. The molecule has 0 bridgehead atoms. The predicted molar refractivity (Wildman–Crippen MR) is 96.2 cm³/mol. The van der Waals surface area contributed by atoms with Gasteiger partial charge in [-0.15, -0.1) is 13.2 Å². The first-order chi connectivity index (χ1) is 11.8. The molecular weight excluding hydrogens is 300 g/mol. The van der Waals surface area contributed by atoms with Crippen molar-refractivity contribution in [3.8, 4) is 11.5 Å². The van der Waals surface area contributed by atoms with Crippen LogP contribution in [0, 0.1) is 0 Å². The van der Waals surface area contributed by atoms with Crippen LogP contribution < -0.4 is 9.47 Å². The Kier molecular flexibility index (Phi) is 4.00. The van der Waals surface area contributed by atoms with E-state index in [4.69, 9.17) is 9.47 Å². The first-order valence-electron chi connectivity index (χ1n) is 8.29. The minimum absolute atomic E-state index is 0.600. The van der Waals surface area contributed by atoms with Gasteiger partial charge in [-0.3, -0.25) is 9.80 Å². The second kappa shape index (κ2) is 6.30. The highest BCUT2D eigenvalue weighted by Crippen LogP contribution is 2.40. The lowest BCUT2D eigenvalue weighted by molar-refractivity contribution is 0.107. The summed E-state index contributed by atoms with van der Waals surface area (Å²) in [5, 5.41) is 2.28. The molecule has 0 radical (unpaired) electrons. The monoisotopic (exact) mass is 322 g/mol. The standard InChI is InChI=1S/C20H22N2O2/c1-3-9-21-11-15-5-7-18-17(19(15)23-13-21)8-6-16-12-22(10-4-2)14-24-20(16)18/h3-8H,1-2,9-14H2. The maximum Gasteiger partial charge on any atom is 0.142 e. The molecule has 0 aromatic heterocycles. The van der Waals surface area contributed by atoms with Gasteiger partial charge < -0.3 is 9.47 Å². The van der Waals surface area contributed by atoms with Crippen molar-refractivity contribution in [1.29, 1.82) is 0 Å². The smallest absolute Gasteiger partial charge is 0.142 e. The van der Waals surface area contributed by atoms with Crippen molar-refractivity contribution in [2.45, 2.75) is 13.1 Å². The molecule has 0 saturated heterocycles. The van der Waals surface area contributed by atoms with Crippen molar-refractivity contribution in [3.63, 3.8) is 0 Å². The van der Waals surface area contributed by atoms with Crippen LogP contribution in [0.15, 0.2) is 49.6 Å². The molecule has 124 valence electrons. The largest absolute Gasteiger partial charge is 0.477 e. The second-order valence-electron chi connectivity index (χ2n) is 6.35. The molecule has 0 unspecified atom stereocenters. The summed E-state index contributed by atoms with van der Waals surface area (Å²) >= 11 is 0. The number of ether oxygens (including phenoxy) is 2. The summed E-state index contributed by atoms with van der Waals surface area (Å²) in [6.45, 7) is 12.3. The number of rotatable bonds is 4. The van der Waals surface area contributed by atoms with E-state index in [2.05, 4.69) is 47.2 Å². The zero-order chi connectivity index (χ0) is 16.5. The Morgan fingerprint density at radius 1 is 0.792 bits per heavy atom. The molecule has 2 aromatic carbocycles. The number of hydrogen-bond acceptors (Lipinski definition) is 4. The number of fused-ring (bicyclic) bond motifs is 5. The molecule has 0 fully saturated rings. The van der Waals surface area contributed by atoms with E-state index in [1.54, 1.807) is 0 Å². The van der Waals surface area contributed by atoms with Crippen LogP contribution >= 0.6 is 0 Å². The van der Waals surface area contributed by atoms with Gasteiger partial charge in [0.15, 0.2) is 0 Å². The van der Waals surface area contributed by atoms with Crippen molar-refractivity contribution in [2.24, 2.45) is 0 Å². The van der Waals surface area contributed by atoms with Crippen LogP contribution in [0.2, 0.25) is 0 Å². The molecule has 24 heavy (non-hydrogen) atoms. The third kappa shape index (κ3) is 2.58. The average Bonchev–Trinajstić information content (AvgIpc) is 2.61. The fourth-order valence-corrected chi connectivity index (χ4v) is 3.52. The first-order valence-corrected chi connectivity index (χ1v) is 8.29. The minimum Gasteiger partial charge on any atom is -0.477 e. The Balaban J connectivity index is 1.72.